The van der Waals surface area contributed by atoms with Crippen LogP contribution in [-0.4, -0.2) is 21.5 Å². The molecule has 0 fully saturated rings. The zero-order valence-corrected chi connectivity index (χ0v) is 13.7. The van der Waals surface area contributed by atoms with Gasteiger partial charge in [0.05, 0.1) is 18.8 Å². The lowest BCUT2D eigenvalue weighted by Gasteiger charge is -2.18. The lowest BCUT2D eigenvalue weighted by Crippen LogP contribution is -2.22. The van der Waals surface area contributed by atoms with E-state index in [2.05, 4.69) is 10.4 Å². The summed E-state index contributed by atoms with van der Waals surface area (Å²) in [5, 5.41) is 16.8. The molecule has 126 valence electrons. The van der Waals surface area contributed by atoms with Crippen LogP contribution in [0.4, 0.5) is 8.78 Å². The first-order chi connectivity index (χ1) is 11.0. The summed E-state index contributed by atoms with van der Waals surface area (Å²) >= 11 is 0. The molecule has 0 aliphatic carbocycles. The summed E-state index contributed by atoms with van der Waals surface area (Å²) in [6, 6.07) is 3.48. The fourth-order valence-electron chi connectivity index (χ4n) is 2.79. The molecule has 0 radical (unpaired) electrons. The molecule has 0 spiro atoms. The number of aliphatic hydroxyl groups is 1. The molecule has 1 unspecified atom stereocenters. The Morgan fingerprint density at radius 1 is 1.30 bits per heavy atom. The van der Waals surface area contributed by atoms with E-state index < -0.39 is 11.6 Å². The molecule has 4 nitrogen and oxygen atoms in total. The van der Waals surface area contributed by atoms with E-state index in [1.165, 1.54) is 12.1 Å². The number of hydrogen-bond donors (Lipinski definition) is 2. The van der Waals surface area contributed by atoms with Gasteiger partial charge in [-0.05, 0) is 26.3 Å². The van der Waals surface area contributed by atoms with Crippen molar-refractivity contribution in [2.75, 3.05) is 6.61 Å². The van der Waals surface area contributed by atoms with E-state index >= 15 is 0 Å². The maximum Gasteiger partial charge on any atom is 0.130 e. The second-order valence-electron chi connectivity index (χ2n) is 5.60. The topological polar surface area (TPSA) is 50.1 Å². The van der Waals surface area contributed by atoms with Crippen LogP contribution in [-0.2, 0) is 13.1 Å². The van der Waals surface area contributed by atoms with Crippen LogP contribution >= 0.6 is 0 Å². The van der Waals surface area contributed by atoms with E-state index in [1.807, 2.05) is 20.8 Å². The van der Waals surface area contributed by atoms with Gasteiger partial charge in [-0.2, -0.15) is 5.10 Å². The summed E-state index contributed by atoms with van der Waals surface area (Å²) in [6.45, 7) is 6.85. The third-order valence-electron chi connectivity index (χ3n) is 4.11. The van der Waals surface area contributed by atoms with Gasteiger partial charge in [0.1, 0.15) is 11.6 Å². The van der Waals surface area contributed by atoms with Crippen LogP contribution < -0.4 is 5.32 Å². The standard InChI is InChI=1S/C17H23F2N3O/c1-4-17(14-6-5-13(18)9-16(14)19)20-10-15-11(2)21-22(7-8-23)12(15)3/h5-6,9,17,20,23H,4,7-8,10H2,1-3H3. The third kappa shape index (κ3) is 3.95. The molecule has 0 bridgehead atoms. The number of benzene rings is 1. The minimum absolute atomic E-state index is 0.0349. The van der Waals surface area contributed by atoms with Crippen LogP contribution in [0.2, 0.25) is 0 Å². The van der Waals surface area contributed by atoms with Crippen LogP contribution in [0.3, 0.4) is 0 Å². The van der Waals surface area contributed by atoms with Gasteiger partial charge < -0.3 is 10.4 Å². The number of nitrogens with zero attached hydrogens (tertiary/aromatic N) is 2. The number of nitrogens with one attached hydrogen (secondary N) is 1. The first-order valence-electron chi connectivity index (χ1n) is 7.80. The SMILES string of the molecule is CCC(NCc1c(C)nn(CCO)c1C)c1ccc(F)cc1F. The molecule has 1 aromatic carbocycles. The van der Waals surface area contributed by atoms with E-state index in [4.69, 9.17) is 5.11 Å². The molecule has 1 atom stereocenters. The average molecular weight is 323 g/mol. The lowest BCUT2D eigenvalue weighted by atomic mass is 10.0. The summed E-state index contributed by atoms with van der Waals surface area (Å²) in [7, 11) is 0. The number of aromatic nitrogens is 2. The van der Waals surface area contributed by atoms with Crippen molar-refractivity contribution < 1.29 is 13.9 Å². The minimum Gasteiger partial charge on any atom is -0.394 e. The molecule has 1 aromatic heterocycles. The van der Waals surface area contributed by atoms with Gasteiger partial charge in [0.2, 0.25) is 0 Å². The van der Waals surface area contributed by atoms with Crippen LogP contribution in [0.15, 0.2) is 18.2 Å². The van der Waals surface area contributed by atoms with Crippen molar-refractivity contribution in [2.45, 2.75) is 46.3 Å². The predicted octanol–water partition coefficient (Wildman–Crippen LogP) is 3.01. The normalized spacial score (nSPS) is 12.6. The molecule has 6 heteroatoms. The monoisotopic (exact) mass is 323 g/mol. The highest BCUT2D eigenvalue weighted by atomic mass is 19.1. The zero-order valence-electron chi connectivity index (χ0n) is 13.7. The highest BCUT2D eigenvalue weighted by molar-refractivity contribution is 5.26. The van der Waals surface area contributed by atoms with E-state index in [0.717, 1.165) is 23.0 Å². The highest BCUT2D eigenvalue weighted by Crippen LogP contribution is 2.22. The molecular formula is C17H23F2N3O. The maximum absolute atomic E-state index is 14.0. The molecule has 2 N–H and O–H groups in total. The molecule has 1 heterocycles. The van der Waals surface area contributed by atoms with Crippen LogP contribution in [0, 0.1) is 25.5 Å². The number of aryl methyl sites for hydroxylation is 1. The van der Waals surface area contributed by atoms with Crippen molar-refractivity contribution >= 4 is 0 Å². The average Bonchev–Trinajstić information content (AvgIpc) is 2.77. The Bertz CT molecular complexity index is 670. The Morgan fingerprint density at radius 2 is 2.04 bits per heavy atom. The van der Waals surface area contributed by atoms with Crippen molar-refractivity contribution in [1.82, 2.24) is 15.1 Å². The summed E-state index contributed by atoms with van der Waals surface area (Å²) in [5.74, 6) is -1.10. The first kappa shape index (κ1) is 17.6. The Labute approximate surface area is 135 Å². The number of halogens is 2. The number of aliphatic hydroxyl groups excluding tert-OH is 1. The third-order valence-corrected chi connectivity index (χ3v) is 4.11. The molecule has 2 rings (SSSR count). The summed E-state index contributed by atoms with van der Waals surface area (Å²) in [5.41, 5.74) is 3.38. The largest absolute Gasteiger partial charge is 0.394 e. The van der Waals surface area contributed by atoms with Gasteiger partial charge in [0.15, 0.2) is 0 Å². The molecule has 0 aliphatic heterocycles. The molecule has 0 aliphatic rings. The number of rotatable bonds is 7. The Hall–Kier alpha value is -1.79. The van der Waals surface area contributed by atoms with Gasteiger partial charge in [-0.25, -0.2) is 8.78 Å². The van der Waals surface area contributed by atoms with Crippen molar-refractivity contribution in [3.05, 3.63) is 52.3 Å². The predicted molar refractivity (Wildman–Crippen MR) is 85.0 cm³/mol. The molecule has 0 amide bonds. The second-order valence-corrected chi connectivity index (χ2v) is 5.60. The van der Waals surface area contributed by atoms with Gasteiger partial charge in [-0.3, -0.25) is 4.68 Å². The van der Waals surface area contributed by atoms with Gasteiger partial charge >= 0.3 is 0 Å². The summed E-state index contributed by atoms with van der Waals surface area (Å²) in [6.07, 6.45) is 0.686. The van der Waals surface area contributed by atoms with Crippen molar-refractivity contribution in [3.63, 3.8) is 0 Å². The Morgan fingerprint density at radius 3 is 2.65 bits per heavy atom. The Balaban J connectivity index is 2.15. The fraction of sp³-hybridized carbons (Fsp3) is 0.471. The van der Waals surface area contributed by atoms with Gasteiger partial charge in [0, 0.05) is 35.5 Å². The van der Waals surface area contributed by atoms with Gasteiger partial charge in [-0.1, -0.05) is 13.0 Å². The van der Waals surface area contributed by atoms with Crippen molar-refractivity contribution in [3.8, 4) is 0 Å². The highest BCUT2D eigenvalue weighted by Gasteiger charge is 2.17. The molecular weight excluding hydrogens is 300 g/mol. The molecule has 0 saturated carbocycles. The van der Waals surface area contributed by atoms with E-state index in [1.54, 1.807) is 4.68 Å². The van der Waals surface area contributed by atoms with Crippen LogP contribution in [0.5, 0.6) is 0 Å². The quantitative estimate of drug-likeness (QED) is 0.823. The second kappa shape index (κ2) is 7.66. The lowest BCUT2D eigenvalue weighted by molar-refractivity contribution is 0.267. The number of hydrogen-bond acceptors (Lipinski definition) is 3. The van der Waals surface area contributed by atoms with E-state index in [9.17, 15) is 8.78 Å². The smallest absolute Gasteiger partial charge is 0.130 e. The van der Waals surface area contributed by atoms with Crippen molar-refractivity contribution in [2.24, 2.45) is 0 Å². The Kier molecular flexibility index (Phi) is 5.85. The maximum atomic E-state index is 14.0. The van der Waals surface area contributed by atoms with Crippen molar-refractivity contribution in [1.29, 1.82) is 0 Å². The fourth-order valence-corrected chi connectivity index (χ4v) is 2.79. The first-order valence-corrected chi connectivity index (χ1v) is 7.80. The van der Waals surface area contributed by atoms with Gasteiger partial charge in [0.25, 0.3) is 0 Å². The van der Waals surface area contributed by atoms with Crippen LogP contribution in [0.1, 0.15) is 41.9 Å². The van der Waals surface area contributed by atoms with Gasteiger partial charge in [-0.15, -0.1) is 0 Å². The molecule has 2 aromatic rings. The molecule has 23 heavy (non-hydrogen) atoms. The summed E-state index contributed by atoms with van der Waals surface area (Å²) in [4.78, 5) is 0. The minimum atomic E-state index is -0.571. The molecule has 0 saturated heterocycles. The van der Waals surface area contributed by atoms with E-state index in [0.29, 0.717) is 25.1 Å². The zero-order chi connectivity index (χ0) is 17.0. The van der Waals surface area contributed by atoms with E-state index in [-0.39, 0.29) is 12.6 Å². The van der Waals surface area contributed by atoms with Crippen LogP contribution in [0.25, 0.3) is 0 Å². The summed E-state index contributed by atoms with van der Waals surface area (Å²) < 4.78 is 28.8.